The van der Waals surface area contributed by atoms with E-state index in [1.54, 1.807) is 22.2 Å². The number of nitrogens with zero attached hydrogens (tertiary/aromatic N) is 3. The van der Waals surface area contributed by atoms with Gasteiger partial charge in [0.05, 0.1) is 6.04 Å². The van der Waals surface area contributed by atoms with Crippen LogP contribution in [0.4, 0.5) is 0 Å². The van der Waals surface area contributed by atoms with Crippen molar-refractivity contribution in [3.05, 3.63) is 102 Å². The van der Waals surface area contributed by atoms with Crippen LogP contribution in [0, 0.1) is 0 Å². The molecule has 0 radical (unpaired) electrons. The van der Waals surface area contributed by atoms with E-state index in [1.165, 1.54) is 0 Å². The number of carbonyl (C=O) groups excluding carboxylic acids is 2. The molecule has 6 heteroatoms. The van der Waals surface area contributed by atoms with Crippen molar-refractivity contribution in [3.63, 3.8) is 0 Å². The van der Waals surface area contributed by atoms with Crippen LogP contribution in [0.2, 0.25) is 0 Å². The van der Waals surface area contributed by atoms with Crippen LogP contribution < -0.4 is 0 Å². The molecule has 2 aliphatic heterocycles. The van der Waals surface area contributed by atoms with E-state index in [4.69, 9.17) is 0 Å². The number of pyridine rings is 1. The molecule has 1 unspecified atom stereocenters. The lowest BCUT2D eigenvalue weighted by Gasteiger charge is -2.47. The first-order valence-electron chi connectivity index (χ1n) is 10.8. The van der Waals surface area contributed by atoms with Crippen LogP contribution in [-0.2, 0) is 22.6 Å². The third kappa shape index (κ3) is 2.91. The quantitative estimate of drug-likeness (QED) is 0.550. The van der Waals surface area contributed by atoms with Gasteiger partial charge in [0, 0.05) is 42.0 Å². The Morgan fingerprint density at radius 3 is 2.50 bits per heavy atom. The molecular weight excluding hydrogens is 400 g/mol. The zero-order chi connectivity index (χ0) is 21.7. The molecule has 6 nitrogen and oxygen atoms in total. The van der Waals surface area contributed by atoms with Crippen molar-refractivity contribution in [2.45, 2.75) is 25.0 Å². The summed E-state index contributed by atoms with van der Waals surface area (Å²) in [5.41, 5.74) is 5.15. The SMILES string of the molecule is O=C1[C@@H]2Cc3c([nH]c4ccccc34)C(c3ccccc3)N2C(=O)CN1Cc1ccncc1. The fraction of sp³-hybridized carbons (Fsp3) is 0.192. The second kappa shape index (κ2) is 7.34. The number of aromatic nitrogens is 2. The van der Waals surface area contributed by atoms with Crippen molar-refractivity contribution in [1.82, 2.24) is 19.8 Å². The minimum absolute atomic E-state index is 0.00160. The number of hydrogen-bond donors (Lipinski definition) is 1. The molecule has 1 N–H and O–H groups in total. The lowest BCUT2D eigenvalue weighted by Crippen LogP contribution is -2.62. The minimum Gasteiger partial charge on any atom is -0.356 e. The maximum absolute atomic E-state index is 13.7. The number of fused-ring (bicyclic) bond motifs is 4. The molecule has 2 amide bonds. The fourth-order valence-corrected chi connectivity index (χ4v) is 5.15. The summed E-state index contributed by atoms with van der Waals surface area (Å²) in [5, 5.41) is 1.12. The van der Waals surface area contributed by atoms with Crippen molar-refractivity contribution in [2.75, 3.05) is 6.54 Å². The van der Waals surface area contributed by atoms with Crippen LogP contribution in [0.15, 0.2) is 79.1 Å². The Balaban J connectivity index is 1.46. The first-order chi connectivity index (χ1) is 15.7. The largest absolute Gasteiger partial charge is 0.356 e. The van der Waals surface area contributed by atoms with Crippen LogP contribution in [0.25, 0.3) is 10.9 Å². The summed E-state index contributed by atoms with van der Waals surface area (Å²) in [4.78, 5) is 38.2. The molecule has 0 spiro atoms. The molecular formula is C26H22N4O2. The van der Waals surface area contributed by atoms with Crippen LogP contribution in [0.1, 0.15) is 28.4 Å². The van der Waals surface area contributed by atoms with Gasteiger partial charge >= 0.3 is 0 Å². The Labute approximate surface area is 185 Å². The highest BCUT2D eigenvalue weighted by atomic mass is 16.2. The first kappa shape index (κ1) is 18.8. The topological polar surface area (TPSA) is 69.3 Å². The zero-order valence-corrected chi connectivity index (χ0v) is 17.4. The summed E-state index contributed by atoms with van der Waals surface area (Å²) in [6.45, 7) is 0.491. The predicted molar refractivity (Wildman–Crippen MR) is 121 cm³/mol. The second-order valence-corrected chi connectivity index (χ2v) is 8.45. The van der Waals surface area contributed by atoms with Gasteiger partial charge in [-0.05, 0) is 34.9 Å². The highest BCUT2D eigenvalue weighted by Crippen LogP contribution is 2.42. The average Bonchev–Trinajstić information content (AvgIpc) is 3.21. The molecule has 32 heavy (non-hydrogen) atoms. The van der Waals surface area contributed by atoms with Crippen LogP contribution in [0.5, 0.6) is 0 Å². The lowest BCUT2D eigenvalue weighted by molar-refractivity contribution is -0.159. The van der Waals surface area contributed by atoms with Gasteiger partial charge in [-0.25, -0.2) is 0 Å². The molecule has 4 aromatic rings. The van der Waals surface area contributed by atoms with E-state index < -0.39 is 6.04 Å². The number of para-hydroxylation sites is 1. The molecule has 2 aliphatic rings. The van der Waals surface area contributed by atoms with Crippen molar-refractivity contribution in [2.24, 2.45) is 0 Å². The number of carbonyl (C=O) groups is 2. The number of H-pyrrole nitrogens is 1. The first-order valence-corrected chi connectivity index (χ1v) is 10.8. The van der Waals surface area contributed by atoms with Crippen molar-refractivity contribution in [3.8, 4) is 0 Å². The van der Waals surface area contributed by atoms with E-state index in [0.29, 0.717) is 13.0 Å². The van der Waals surface area contributed by atoms with Crippen LogP contribution in [0.3, 0.4) is 0 Å². The van der Waals surface area contributed by atoms with Gasteiger partial charge in [0.2, 0.25) is 11.8 Å². The molecule has 0 bridgehead atoms. The summed E-state index contributed by atoms with van der Waals surface area (Å²) in [6.07, 6.45) is 3.93. The number of benzene rings is 2. The van der Waals surface area contributed by atoms with E-state index in [2.05, 4.69) is 16.0 Å². The van der Waals surface area contributed by atoms with Gasteiger partial charge in [0.1, 0.15) is 12.6 Å². The summed E-state index contributed by atoms with van der Waals surface area (Å²) < 4.78 is 0. The van der Waals surface area contributed by atoms with Gasteiger partial charge in [-0.2, -0.15) is 0 Å². The van der Waals surface area contributed by atoms with Crippen molar-refractivity contribution < 1.29 is 9.59 Å². The van der Waals surface area contributed by atoms with E-state index in [9.17, 15) is 9.59 Å². The number of hydrogen-bond acceptors (Lipinski definition) is 3. The van der Waals surface area contributed by atoms with Gasteiger partial charge in [-0.3, -0.25) is 14.6 Å². The predicted octanol–water partition coefficient (Wildman–Crippen LogP) is 3.45. The normalized spacial score (nSPS) is 20.4. The third-order valence-electron chi connectivity index (χ3n) is 6.58. The van der Waals surface area contributed by atoms with Crippen LogP contribution >= 0.6 is 0 Å². The van der Waals surface area contributed by atoms with Gasteiger partial charge in [-0.1, -0.05) is 48.5 Å². The minimum atomic E-state index is -0.519. The summed E-state index contributed by atoms with van der Waals surface area (Å²) in [5.74, 6) is -0.0277. The lowest BCUT2D eigenvalue weighted by atomic mass is 9.86. The Morgan fingerprint density at radius 1 is 0.938 bits per heavy atom. The summed E-state index contributed by atoms with van der Waals surface area (Å²) >= 11 is 0. The number of rotatable bonds is 3. The molecule has 2 aromatic carbocycles. The highest BCUT2D eigenvalue weighted by Gasteiger charge is 2.48. The van der Waals surface area contributed by atoms with Crippen molar-refractivity contribution >= 4 is 22.7 Å². The molecule has 2 atom stereocenters. The molecule has 0 aliphatic carbocycles. The average molecular weight is 422 g/mol. The van der Waals surface area contributed by atoms with Gasteiger partial charge in [0.15, 0.2) is 0 Å². The maximum Gasteiger partial charge on any atom is 0.246 e. The Morgan fingerprint density at radius 2 is 1.69 bits per heavy atom. The van der Waals surface area contributed by atoms with E-state index in [1.807, 2.05) is 60.7 Å². The van der Waals surface area contributed by atoms with Gasteiger partial charge in [-0.15, -0.1) is 0 Å². The molecule has 0 saturated carbocycles. The Kier molecular flexibility index (Phi) is 4.31. The standard InChI is InChI=1S/C26H22N4O2/c31-23-16-29(15-17-10-12-27-13-11-17)26(32)22-14-20-19-8-4-5-9-21(19)28-24(20)25(30(22)23)18-6-2-1-3-7-18/h1-13,22,25,28H,14-16H2/t22-,25?/m0/s1. The van der Waals surface area contributed by atoms with Crippen molar-refractivity contribution in [1.29, 1.82) is 0 Å². The Hall–Kier alpha value is -3.93. The fourth-order valence-electron chi connectivity index (χ4n) is 5.15. The number of amides is 2. The maximum atomic E-state index is 13.7. The van der Waals surface area contributed by atoms with Crippen LogP contribution in [-0.4, -0.2) is 44.2 Å². The second-order valence-electron chi connectivity index (χ2n) is 8.45. The van der Waals surface area contributed by atoms with E-state index >= 15 is 0 Å². The molecule has 1 fully saturated rings. The molecule has 158 valence electrons. The number of nitrogens with one attached hydrogen (secondary N) is 1. The zero-order valence-electron chi connectivity index (χ0n) is 17.4. The Bertz CT molecular complexity index is 1320. The smallest absolute Gasteiger partial charge is 0.246 e. The highest BCUT2D eigenvalue weighted by molar-refractivity contribution is 5.97. The van der Waals surface area contributed by atoms with Gasteiger partial charge < -0.3 is 14.8 Å². The number of aromatic amines is 1. The monoisotopic (exact) mass is 422 g/mol. The molecule has 1 saturated heterocycles. The third-order valence-corrected chi connectivity index (χ3v) is 6.58. The summed E-state index contributed by atoms with van der Waals surface area (Å²) in [7, 11) is 0. The van der Waals surface area contributed by atoms with E-state index in [0.717, 1.165) is 33.3 Å². The molecule has 6 rings (SSSR count). The number of piperazine rings is 1. The summed E-state index contributed by atoms with van der Waals surface area (Å²) in [6, 6.07) is 21.1. The van der Waals surface area contributed by atoms with E-state index in [-0.39, 0.29) is 24.4 Å². The molecule has 4 heterocycles. The molecule has 2 aromatic heterocycles. The van der Waals surface area contributed by atoms with Gasteiger partial charge in [0.25, 0.3) is 0 Å².